The molecule has 0 aliphatic rings. The normalized spacial score (nSPS) is 12.1. The first kappa shape index (κ1) is 22.7. The number of nitrogens with one attached hydrogen (secondary N) is 1. The summed E-state index contributed by atoms with van der Waals surface area (Å²) < 4.78 is 6.50. The predicted molar refractivity (Wildman–Crippen MR) is 120 cm³/mol. The third kappa shape index (κ3) is 7.92. The summed E-state index contributed by atoms with van der Waals surface area (Å²) in [6, 6.07) is 17.6. The Bertz CT molecular complexity index is 683. The third-order valence-corrected chi connectivity index (χ3v) is 4.10. The summed E-state index contributed by atoms with van der Waals surface area (Å²) in [6.07, 6.45) is -0.644. The van der Waals surface area contributed by atoms with Crippen LogP contribution in [0.25, 0.3) is 0 Å². The van der Waals surface area contributed by atoms with Gasteiger partial charge in [-0.05, 0) is 33.6 Å². The Kier molecular flexibility index (Phi) is 10.6. The van der Waals surface area contributed by atoms with E-state index in [0.29, 0.717) is 18.8 Å². The number of benzene rings is 2. The highest BCUT2D eigenvalue weighted by Gasteiger charge is 2.09. The van der Waals surface area contributed by atoms with E-state index in [9.17, 15) is 5.11 Å². The molecule has 7 heteroatoms. The van der Waals surface area contributed by atoms with Crippen LogP contribution in [0.3, 0.4) is 0 Å². The topological polar surface area (TPSA) is 57.1 Å². The van der Waals surface area contributed by atoms with E-state index >= 15 is 0 Å². The van der Waals surface area contributed by atoms with Gasteiger partial charge in [-0.3, -0.25) is 0 Å². The van der Waals surface area contributed by atoms with Gasteiger partial charge in [-0.25, -0.2) is 4.99 Å². The molecule has 1 unspecified atom stereocenters. The van der Waals surface area contributed by atoms with Gasteiger partial charge in [0.25, 0.3) is 0 Å². The van der Waals surface area contributed by atoms with Crippen molar-refractivity contribution in [3.63, 3.8) is 0 Å². The molecule has 0 heterocycles. The minimum Gasteiger partial charge on any atom is -0.490 e. The first-order valence-electron chi connectivity index (χ1n) is 8.11. The number of guanidine groups is 1. The van der Waals surface area contributed by atoms with Crippen molar-refractivity contribution >= 4 is 45.9 Å². The van der Waals surface area contributed by atoms with Crippen LogP contribution in [0.1, 0.15) is 5.56 Å². The third-order valence-electron chi connectivity index (χ3n) is 3.44. The number of aliphatic hydroxyl groups is 1. The molecular weight excluding hydrogens is 509 g/mol. The highest BCUT2D eigenvalue weighted by molar-refractivity contribution is 14.0. The van der Waals surface area contributed by atoms with Crippen molar-refractivity contribution in [3.05, 3.63) is 64.6 Å². The Hall–Kier alpha value is -1.32. The zero-order valence-electron chi connectivity index (χ0n) is 14.9. The van der Waals surface area contributed by atoms with Crippen LogP contribution < -0.4 is 10.1 Å². The molecule has 142 valence electrons. The molecule has 2 N–H and O–H groups in total. The molecule has 1 atom stereocenters. The van der Waals surface area contributed by atoms with E-state index in [-0.39, 0.29) is 30.6 Å². The first-order valence-corrected chi connectivity index (χ1v) is 8.90. The van der Waals surface area contributed by atoms with Gasteiger partial charge in [-0.1, -0.05) is 42.5 Å². The second-order valence-corrected chi connectivity index (χ2v) is 6.65. The summed E-state index contributed by atoms with van der Waals surface area (Å²) in [5.41, 5.74) is 1.14. The molecule has 2 aromatic carbocycles. The van der Waals surface area contributed by atoms with Crippen LogP contribution in [0.4, 0.5) is 0 Å². The number of hydrogen-bond acceptors (Lipinski definition) is 3. The SMILES string of the molecule is CN(C)C(=NCc1ccccc1)NCC(O)COc1ccccc1Br.I. The van der Waals surface area contributed by atoms with Crippen molar-refractivity contribution in [3.8, 4) is 5.75 Å². The van der Waals surface area contributed by atoms with Gasteiger partial charge >= 0.3 is 0 Å². The largest absolute Gasteiger partial charge is 0.490 e. The molecule has 0 aromatic heterocycles. The quantitative estimate of drug-likeness (QED) is 0.325. The lowest BCUT2D eigenvalue weighted by Crippen LogP contribution is -2.42. The number of nitrogens with zero attached hydrogens (tertiary/aromatic N) is 2. The van der Waals surface area contributed by atoms with Crippen molar-refractivity contribution in [2.24, 2.45) is 4.99 Å². The van der Waals surface area contributed by atoms with Crippen LogP contribution in [0.15, 0.2) is 64.1 Å². The summed E-state index contributed by atoms with van der Waals surface area (Å²) in [5, 5.41) is 13.3. The lowest BCUT2D eigenvalue weighted by molar-refractivity contribution is 0.109. The summed E-state index contributed by atoms with van der Waals surface area (Å²) in [7, 11) is 3.83. The van der Waals surface area contributed by atoms with Crippen LogP contribution in [-0.2, 0) is 6.54 Å². The number of hydrogen-bond donors (Lipinski definition) is 2. The summed E-state index contributed by atoms with van der Waals surface area (Å²) >= 11 is 3.42. The van der Waals surface area contributed by atoms with Crippen molar-refractivity contribution in [1.82, 2.24) is 10.2 Å². The summed E-state index contributed by atoms with van der Waals surface area (Å²) in [6.45, 7) is 1.15. The minimum atomic E-state index is -0.644. The Morgan fingerprint density at radius 2 is 1.81 bits per heavy atom. The number of aliphatic hydroxyl groups excluding tert-OH is 1. The molecule has 0 saturated heterocycles. The number of rotatable bonds is 7. The van der Waals surface area contributed by atoms with E-state index in [1.807, 2.05) is 73.6 Å². The molecule has 0 amide bonds. The van der Waals surface area contributed by atoms with Crippen molar-refractivity contribution in [2.45, 2.75) is 12.6 Å². The van der Waals surface area contributed by atoms with E-state index in [2.05, 4.69) is 26.2 Å². The Morgan fingerprint density at radius 1 is 1.15 bits per heavy atom. The fourth-order valence-corrected chi connectivity index (χ4v) is 2.52. The Labute approximate surface area is 180 Å². The maximum atomic E-state index is 10.1. The molecule has 0 aliphatic heterocycles. The predicted octanol–water partition coefficient (Wildman–Crippen LogP) is 3.51. The van der Waals surface area contributed by atoms with Crippen molar-refractivity contribution in [2.75, 3.05) is 27.2 Å². The molecule has 2 rings (SSSR count). The maximum absolute atomic E-state index is 10.1. The lowest BCUT2D eigenvalue weighted by Gasteiger charge is -2.20. The number of aliphatic imine (C=N–C) groups is 1. The molecular formula is C19H25BrIN3O2. The van der Waals surface area contributed by atoms with Crippen LogP contribution in [-0.4, -0.2) is 49.3 Å². The smallest absolute Gasteiger partial charge is 0.193 e. The fourth-order valence-electron chi connectivity index (χ4n) is 2.12. The van der Waals surface area contributed by atoms with E-state index in [1.165, 1.54) is 0 Å². The van der Waals surface area contributed by atoms with Crippen molar-refractivity contribution < 1.29 is 9.84 Å². The van der Waals surface area contributed by atoms with E-state index < -0.39 is 6.10 Å². The van der Waals surface area contributed by atoms with Gasteiger partial charge in [-0.2, -0.15) is 0 Å². The van der Waals surface area contributed by atoms with Gasteiger partial charge in [0.1, 0.15) is 18.5 Å². The summed E-state index contributed by atoms with van der Waals surface area (Å²) in [4.78, 5) is 6.46. The molecule has 2 aromatic rings. The molecule has 0 saturated carbocycles. The average molecular weight is 534 g/mol. The van der Waals surface area contributed by atoms with E-state index in [4.69, 9.17) is 4.74 Å². The van der Waals surface area contributed by atoms with Gasteiger partial charge in [-0.15, -0.1) is 24.0 Å². The van der Waals surface area contributed by atoms with Gasteiger partial charge in [0.05, 0.1) is 11.0 Å². The fraction of sp³-hybridized carbons (Fsp3) is 0.316. The van der Waals surface area contributed by atoms with Crippen molar-refractivity contribution in [1.29, 1.82) is 0 Å². The summed E-state index contributed by atoms with van der Waals surface area (Å²) in [5.74, 6) is 1.44. The average Bonchev–Trinajstić information content (AvgIpc) is 2.61. The Morgan fingerprint density at radius 3 is 2.46 bits per heavy atom. The number of para-hydroxylation sites is 1. The van der Waals surface area contributed by atoms with Crippen LogP contribution in [0.2, 0.25) is 0 Å². The lowest BCUT2D eigenvalue weighted by atomic mass is 10.2. The zero-order chi connectivity index (χ0) is 18.1. The molecule has 0 spiro atoms. The molecule has 26 heavy (non-hydrogen) atoms. The number of halogens is 2. The molecule has 5 nitrogen and oxygen atoms in total. The maximum Gasteiger partial charge on any atom is 0.193 e. The first-order chi connectivity index (χ1) is 12.1. The highest BCUT2D eigenvalue weighted by atomic mass is 127. The second-order valence-electron chi connectivity index (χ2n) is 5.80. The monoisotopic (exact) mass is 533 g/mol. The Balaban J connectivity index is 0.00000338. The van der Waals surface area contributed by atoms with Gasteiger partial charge in [0, 0.05) is 20.6 Å². The molecule has 0 radical (unpaired) electrons. The van der Waals surface area contributed by atoms with Crippen LogP contribution in [0.5, 0.6) is 5.75 Å². The molecule has 0 fully saturated rings. The van der Waals surface area contributed by atoms with Crippen LogP contribution in [0, 0.1) is 0 Å². The van der Waals surface area contributed by atoms with Crippen LogP contribution >= 0.6 is 39.9 Å². The highest BCUT2D eigenvalue weighted by Crippen LogP contribution is 2.23. The van der Waals surface area contributed by atoms with Gasteiger partial charge < -0.3 is 20.1 Å². The zero-order valence-corrected chi connectivity index (χ0v) is 18.8. The number of ether oxygens (including phenoxy) is 1. The molecule has 0 aliphatic carbocycles. The standard InChI is InChI=1S/C19H24BrN3O2.HI/c1-23(2)19(21-12-15-8-4-3-5-9-15)22-13-16(24)14-25-18-11-7-6-10-17(18)20;/h3-11,16,24H,12-14H2,1-2H3,(H,21,22);1H. The molecule has 0 bridgehead atoms. The van der Waals surface area contributed by atoms with Gasteiger partial charge in [0.2, 0.25) is 0 Å². The second kappa shape index (κ2) is 12.1. The minimum absolute atomic E-state index is 0. The van der Waals surface area contributed by atoms with Gasteiger partial charge in [0.15, 0.2) is 5.96 Å². The van der Waals surface area contributed by atoms with E-state index in [0.717, 1.165) is 16.0 Å². The van der Waals surface area contributed by atoms with E-state index in [1.54, 1.807) is 0 Å².